The number of hydrogen-bond donors (Lipinski definition) is 1. The van der Waals surface area contributed by atoms with Crippen molar-refractivity contribution in [2.24, 2.45) is 11.3 Å². The Morgan fingerprint density at radius 3 is 2.77 bits per heavy atom. The Morgan fingerprint density at radius 2 is 2.06 bits per heavy atom. The van der Waals surface area contributed by atoms with E-state index in [4.69, 9.17) is 4.74 Å². The zero-order valence-electron chi connectivity index (χ0n) is 18.1. The van der Waals surface area contributed by atoms with Gasteiger partial charge in [-0.05, 0) is 37.5 Å². The van der Waals surface area contributed by atoms with Crippen LogP contribution in [0.1, 0.15) is 51.4 Å². The van der Waals surface area contributed by atoms with E-state index in [1.54, 1.807) is 0 Å². The van der Waals surface area contributed by atoms with Crippen LogP contribution in [0.4, 0.5) is 4.79 Å². The molecule has 1 spiro atoms. The topological polar surface area (TPSA) is 110 Å². The summed E-state index contributed by atoms with van der Waals surface area (Å²) in [4.78, 5) is 56.0. The zero-order valence-corrected chi connectivity index (χ0v) is 18.9. The van der Waals surface area contributed by atoms with Crippen molar-refractivity contribution in [1.29, 1.82) is 0 Å². The molecular formula is C21H26N4O5S. The number of nitrogens with zero attached hydrogens (tertiary/aromatic N) is 3. The number of imide groups is 1. The van der Waals surface area contributed by atoms with Crippen LogP contribution in [0, 0.1) is 18.3 Å². The molecule has 2 aromatic heterocycles. The second-order valence-electron chi connectivity index (χ2n) is 9.50. The summed E-state index contributed by atoms with van der Waals surface area (Å²) in [6, 6.07) is 0.743. The molecule has 166 valence electrons. The molecule has 1 aliphatic heterocycles. The highest BCUT2D eigenvalue weighted by atomic mass is 32.1. The standard InChI is InChI=1S/C21H26N4O5S/c1-12-6-20(3,4)11-21(7-12)17(28)24(18(29)23-21)8-16(27)30-9-14-5-15(26)25-13(2)10-31-19(25)22-14/h5,10,12H,6-9,11H2,1-4H3,(H,23,29). The molecule has 2 aliphatic rings. The summed E-state index contributed by atoms with van der Waals surface area (Å²) in [6.07, 6.45) is 2.07. The molecule has 3 amide bonds. The van der Waals surface area contributed by atoms with E-state index in [-0.39, 0.29) is 29.4 Å². The van der Waals surface area contributed by atoms with E-state index in [1.165, 1.54) is 21.8 Å². The Kier molecular flexibility index (Phi) is 5.15. The lowest BCUT2D eigenvalue weighted by Crippen LogP contribution is -2.54. The van der Waals surface area contributed by atoms with Crippen LogP contribution >= 0.6 is 11.3 Å². The third-order valence-electron chi connectivity index (χ3n) is 5.92. The Hall–Kier alpha value is -2.75. The molecule has 2 unspecified atom stereocenters. The summed E-state index contributed by atoms with van der Waals surface area (Å²) in [5.74, 6) is -0.824. The van der Waals surface area contributed by atoms with Crippen molar-refractivity contribution >= 4 is 34.2 Å². The minimum atomic E-state index is -0.961. The van der Waals surface area contributed by atoms with Crippen LogP contribution in [0.15, 0.2) is 16.2 Å². The third kappa shape index (κ3) is 3.96. The van der Waals surface area contributed by atoms with Crippen LogP contribution in [0.25, 0.3) is 4.96 Å². The molecular weight excluding hydrogens is 420 g/mol. The first kappa shape index (κ1) is 21.5. The van der Waals surface area contributed by atoms with Crippen LogP contribution < -0.4 is 10.9 Å². The lowest BCUT2D eigenvalue weighted by atomic mass is 9.64. The number of carbonyl (C=O) groups is 3. The predicted octanol–water partition coefficient (Wildman–Crippen LogP) is 2.24. The first-order valence-corrected chi connectivity index (χ1v) is 11.1. The van der Waals surface area contributed by atoms with Crippen molar-refractivity contribution in [2.75, 3.05) is 6.54 Å². The first-order chi connectivity index (χ1) is 14.5. The van der Waals surface area contributed by atoms with Crippen molar-refractivity contribution < 1.29 is 19.1 Å². The fourth-order valence-corrected chi connectivity index (χ4v) is 6.04. The van der Waals surface area contributed by atoms with Gasteiger partial charge < -0.3 is 10.1 Å². The predicted molar refractivity (Wildman–Crippen MR) is 114 cm³/mol. The highest BCUT2D eigenvalue weighted by Gasteiger charge is 2.56. The molecule has 2 atom stereocenters. The number of urea groups is 1. The highest BCUT2D eigenvalue weighted by Crippen LogP contribution is 2.46. The van der Waals surface area contributed by atoms with Crippen molar-refractivity contribution in [1.82, 2.24) is 19.6 Å². The number of nitrogens with one attached hydrogen (secondary N) is 1. The summed E-state index contributed by atoms with van der Waals surface area (Å²) in [5.41, 5.74) is -0.197. The average molecular weight is 447 g/mol. The van der Waals surface area contributed by atoms with Gasteiger partial charge in [-0.2, -0.15) is 0 Å². The van der Waals surface area contributed by atoms with Crippen molar-refractivity contribution in [3.05, 3.63) is 33.2 Å². The molecule has 1 saturated carbocycles. The van der Waals surface area contributed by atoms with E-state index >= 15 is 0 Å². The molecule has 2 fully saturated rings. The van der Waals surface area contributed by atoms with Gasteiger partial charge in [0.25, 0.3) is 11.5 Å². The fraction of sp³-hybridized carbons (Fsp3) is 0.571. The maximum absolute atomic E-state index is 13.1. The van der Waals surface area contributed by atoms with E-state index in [0.29, 0.717) is 23.5 Å². The van der Waals surface area contributed by atoms with E-state index < -0.39 is 24.1 Å². The Balaban J connectivity index is 1.42. The number of carbonyl (C=O) groups excluding carboxylic acids is 3. The number of ether oxygens (including phenoxy) is 1. The summed E-state index contributed by atoms with van der Waals surface area (Å²) in [5, 5.41) is 4.66. The molecule has 0 bridgehead atoms. The molecule has 4 rings (SSSR count). The van der Waals surface area contributed by atoms with Gasteiger partial charge in [0.1, 0.15) is 18.7 Å². The number of aryl methyl sites for hydroxylation is 1. The quantitative estimate of drug-likeness (QED) is 0.570. The van der Waals surface area contributed by atoms with Crippen molar-refractivity contribution in [3.63, 3.8) is 0 Å². The van der Waals surface area contributed by atoms with E-state index in [2.05, 4.69) is 31.1 Å². The number of esters is 1. The van der Waals surface area contributed by atoms with Gasteiger partial charge in [0.15, 0.2) is 4.96 Å². The molecule has 1 aliphatic carbocycles. The molecule has 2 aromatic rings. The number of fused-ring (bicyclic) bond motifs is 1. The second kappa shape index (κ2) is 7.44. The highest BCUT2D eigenvalue weighted by molar-refractivity contribution is 7.15. The van der Waals surface area contributed by atoms with Gasteiger partial charge in [-0.1, -0.05) is 20.8 Å². The van der Waals surface area contributed by atoms with E-state index in [9.17, 15) is 19.2 Å². The maximum atomic E-state index is 13.1. The number of thiazole rings is 1. The molecule has 9 nitrogen and oxygen atoms in total. The normalized spacial score (nSPS) is 25.3. The number of rotatable bonds is 4. The summed E-state index contributed by atoms with van der Waals surface area (Å²) in [6.45, 7) is 7.37. The van der Waals surface area contributed by atoms with Gasteiger partial charge in [-0.3, -0.25) is 23.7 Å². The second-order valence-corrected chi connectivity index (χ2v) is 10.3. The van der Waals surface area contributed by atoms with E-state index in [0.717, 1.165) is 17.0 Å². The Bertz CT molecular complexity index is 1140. The lowest BCUT2D eigenvalue weighted by molar-refractivity contribution is -0.149. The number of hydrogen-bond acceptors (Lipinski definition) is 7. The van der Waals surface area contributed by atoms with E-state index in [1.807, 2.05) is 12.3 Å². The summed E-state index contributed by atoms with van der Waals surface area (Å²) < 4.78 is 6.70. The fourth-order valence-electron chi connectivity index (χ4n) is 5.15. The van der Waals surface area contributed by atoms with Crippen molar-refractivity contribution in [3.8, 4) is 0 Å². The van der Waals surface area contributed by atoms with Crippen LogP contribution in [-0.4, -0.2) is 44.3 Å². The SMILES string of the molecule is Cc1csc2nc(COC(=O)CN3C(=O)NC4(CC(C)CC(C)(C)C4)C3=O)cc(=O)n12. The third-order valence-corrected chi connectivity index (χ3v) is 6.86. The number of aromatic nitrogens is 2. The van der Waals surface area contributed by atoms with Gasteiger partial charge in [0, 0.05) is 17.1 Å². The van der Waals surface area contributed by atoms with Crippen LogP contribution in [0.2, 0.25) is 0 Å². The Morgan fingerprint density at radius 1 is 1.32 bits per heavy atom. The average Bonchev–Trinajstić information content (AvgIpc) is 3.11. The largest absolute Gasteiger partial charge is 0.458 e. The first-order valence-electron chi connectivity index (χ1n) is 10.3. The van der Waals surface area contributed by atoms with Gasteiger partial charge in [0.05, 0.1) is 5.69 Å². The molecule has 3 heterocycles. The smallest absolute Gasteiger partial charge is 0.326 e. The van der Waals surface area contributed by atoms with Crippen LogP contribution in [0.3, 0.4) is 0 Å². The van der Waals surface area contributed by atoms with Crippen molar-refractivity contribution in [2.45, 2.75) is 59.1 Å². The van der Waals surface area contributed by atoms with Gasteiger partial charge in [0.2, 0.25) is 0 Å². The van der Waals surface area contributed by atoms with Crippen LogP contribution in [-0.2, 0) is 20.9 Å². The zero-order chi connectivity index (χ0) is 22.6. The lowest BCUT2D eigenvalue weighted by Gasteiger charge is -2.43. The molecule has 10 heteroatoms. The molecule has 0 aromatic carbocycles. The summed E-state index contributed by atoms with van der Waals surface area (Å²) >= 11 is 1.32. The number of amides is 3. The molecule has 1 N–H and O–H groups in total. The van der Waals surface area contributed by atoms with Gasteiger partial charge in [-0.25, -0.2) is 9.78 Å². The van der Waals surface area contributed by atoms with Gasteiger partial charge in [-0.15, -0.1) is 11.3 Å². The minimum absolute atomic E-state index is 0.0877. The monoisotopic (exact) mass is 446 g/mol. The maximum Gasteiger partial charge on any atom is 0.326 e. The minimum Gasteiger partial charge on any atom is -0.458 e. The van der Waals surface area contributed by atoms with Gasteiger partial charge >= 0.3 is 12.0 Å². The van der Waals surface area contributed by atoms with Crippen LogP contribution in [0.5, 0.6) is 0 Å². The molecule has 0 radical (unpaired) electrons. The molecule has 31 heavy (non-hydrogen) atoms. The molecule has 1 saturated heterocycles. The summed E-state index contributed by atoms with van der Waals surface area (Å²) in [7, 11) is 0. The Labute approximate surface area is 183 Å².